The van der Waals surface area contributed by atoms with Gasteiger partial charge in [0.2, 0.25) is 11.8 Å². The normalized spacial score (nSPS) is 11.6. The van der Waals surface area contributed by atoms with Gasteiger partial charge in [-0.25, -0.2) is 4.79 Å². The van der Waals surface area contributed by atoms with Gasteiger partial charge in [-0.15, -0.1) is 0 Å². The van der Waals surface area contributed by atoms with E-state index in [1.165, 1.54) is 13.0 Å². The lowest BCUT2D eigenvalue weighted by atomic mass is 10.0. The molecule has 0 aliphatic heterocycles. The molecule has 1 aromatic carbocycles. The molecule has 0 fully saturated rings. The van der Waals surface area contributed by atoms with Crippen LogP contribution >= 0.6 is 0 Å². The monoisotopic (exact) mass is 278 g/mol. The number of carbonyl (C=O) groups excluding carboxylic acids is 2. The van der Waals surface area contributed by atoms with Crippen molar-refractivity contribution in [3.05, 3.63) is 28.8 Å². The quantitative estimate of drug-likeness (QED) is 0.777. The number of aryl methyl sites for hydroxylation is 2. The minimum absolute atomic E-state index is 0.137. The molecule has 6 heteroatoms. The second kappa shape index (κ2) is 6.18. The number of amides is 2. The van der Waals surface area contributed by atoms with Crippen LogP contribution in [-0.2, 0) is 9.59 Å². The number of nitrogens with one attached hydrogen (secondary N) is 2. The number of anilines is 1. The summed E-state index contributed by atoms with van der Waals surface area (Å²) in [5, 5.41) is 14.2. The van der Waals surface area contributed by atoms with Gasteiger partial charge < -0.3 is 15.7 Å². The van der Waals surface area contributed by atoms with Crippen molar-refractivity contribution < 1.29 is 19.5 Å². The largest absolute Gasteiger partial charge is 0.478 e. The maximum absolute atomic E-state index is 11.9. The Labute approximate surface area is 117 Å². The van der Waals surface area contributed by atoms with Crippen LogP contribution in [0.15, 0.2) is 12.1 Å². The second-order valence-electron chi connectivity index (χ2n) is 4.70. The Hall–Kier alpha value is -2.37. The van der Waals surface area contributed by atoms with E-state index in [-0.39, 0.29) is 11.5 Å². The fourth-order valence-electron chi connectivity index (χ4n) is 1.83. The van der Waals surface area contributed by atoms with Crippen molar-refractivity contribution >= 4 is 23.5 Å². The fraction of sp³-hybridized carbons (Fsp3) is 0.357. The van der Waals surface area contributed by atoms with Crippen LogP contribution in [0.3, 0.4) is 0 Å². The molecule has 1 aromatic rings. The Morgan fingerprint density at radius 1 is 1.15 bits per heavy atom. The van der Waals surface area contributed by atoms with Crippen LogP contribution in [0.25, 0.3) is 0 Å². The topological polar surface area (TPSA) is 95.5 Å². The van der Waals surface area contributed by atoms with Crippen molar-refractivity contribution in [3.8, 4) is 0 Å². The molecule has 0 heterocycles. The SMILES string of the molecule is CC(=O)NC(C)C(=O)Nc1cc(C(=O)O)c(C)cc1C. The first-order valence-corrected chi connectivity index (χ1v) is 6.15. The molecular formula is C14H18N2O4. The summed E-state index contributed by atoms with van der Waals surface area (Å²) in [4.78, 5) is 33.9. The van der Waals surface area contributed by atoms with Crippen LogP contribution in [0.2, 0.25) is 0 Å². The van der Waals surface area contributed by atoms with Crippen LogP contribution in [0.1, 0.15) is 35.3 Å². The number of benzene rings is 1. The van der Waals surface area contributed by atoms with Gasteiger partial charge >= 0.3 is 5.97 Å². The molecule has 6 nitrogen and oxygen atoms in total. The molecular weight excluding hydrogens is 260 g/mol. The molecule has 0 saturated carbocycles. The van der Waals surface area contributed by atoms with E-state index >= 15 is 0 Å². The van der Waals surface area contributed by atoms with Crippen molar-refractivity contribution in [2.75, 3.05) is 5.32 Å². The first-order valence-electron chi connectivity index (χ1n) is 6.15. The summed E-state index contributed by atoms with van der Waals surface area (Å²) in [5.74, 6) is -1.75. The highest BCUT2D eigenvalue weighted by Crippen LogP contribution is 2.21. The Morgan fingerprint density at radius 2 is 1.75 bits per heavy atom. The summed E-state index contributed by atoms with van der Waals surface area (Å²) in [6.07, 6.45) is 0. The molecule has 0 aliphatic carbocycles. The van der Waals surface area contributed by atoms with E-state index in [2.05, 4.69) is 10.6 Å². The van der Waals surface area contributed by atoms with Gasteiger partial charge in [-0.1, -0.05) is 6.07 Å². The zero-order chi connectivity index (χ0) is 15.4. The maximum atomic E-state index is 11.9. The van der Waals surface area contributed by atoms with E-state index in [0.29, 0.717) is 11.3 Å². The van der Waals surface area contributed by atoms with Gasteiger partial charge in [-0.05, 0) is 38.0 Å². The van der Waals surface area contributed by atoms with Gasteiger partial charge in [0.1, 0.15) is 6.04 Å². The molecule has 2 amide bonds. The summed E-state index contributed by atoms with van der Waals surface area (Å²) in [6, 6.07) is 2.43. The van der Waals surface area contributed by atoms with Crippen molar-refractivity contribution in [3.63, 3.8) is 0 Å². The fourth-order valence-corrected chi connectivity index (χ4v) is 1.83. The average molecular weight is 278 g/mol. The van der Waals surface area contributed by atoms with Gasteiger partial charge in [0.05, 0.1) is 5.56 Å². The lowest BCUT2D eigenvalue weighted by Gasteiger charge is -2.15. The third kappa shape index (κ3) is 3.81. The van der Waals surface area contributed by atoms with Crippen LogP contribution in [-0.4, -0.2) is 28.9 Å². The first kappa shape index (κ1) is 15.7. The smallest absolute Gasteiger partial charge is 0.336 e. The standard InChI is InChI=1S/C14H18N2O4/c1-7-5-8(2)12(6-11(7)14(19)20)16-13(18)9(3)15-10(4)17/h5-6,9H,1-4H3,(H,15,17)(H,16,18)(H,19,20). The number of hydrogen-bond acceptors (Lipinski definition) is 3. The minimum atomic E-state index is -1.05. The first-order chi connectivity index (χ1) is 9.22. The van der Waals surface area contributed by atoms with Gasteiger partial charge in [-0.2, -0.15) is 0 Å². The second-order valence-corrected chi connectivity index (χ2v) is 4.70. The number of carboxylic acids is 1. The average Bonchev–Trinajstić information content (AvgIpc) is 2.30. The van der Waals surface area contributed by atoms with Crippen molar-refractivity contribution in [2.24, 2.45) is 0 Å². The van der Waals surface area contributed by atoms with E-state index in [1.54, 1.807) is 26.8 Å². The van der Waals surface area contributed by atoms with Crippen LogP contribution in [0.5, 0.6) is 0 Å². The molecule has 0 spiro atoms. The summed E-state index contributed by atoms with van der Waals surface area (Å²) in [5.41, 5.74) is 1.95. The molecule has 20 heavy (non-hydrogen) atoms. The van der Waals surface area contributed by atoms with E-state index in [1.807, 2.05) is 0 Å². The number of aromatic carboxylic acids is 1. The van der Waals surface area contributed by atoms with E-state index in [0.717, 1.165) is 5.56 Å². The summed E-state index contributed by atoms with van der Waals surface area (Å²) in [6.45, 7) is 6.35. The highest BCUT2D eigenvalue weighted by molar-refractivity contribution is 5.99. The summed E-state index contributed by atoms with van der Waals surface area (Å²) >= 11 is 0. The van der Waals surface area contributed by atoms with Crippen LogP contribution in [0, 0.1) is 13.8 Å². The Balaban J connectivity index is 2.97. The molecule has 3 N–H and O–H groups in total. The lowest BCUT2D eigenvalue weighted by molar-refractivity contribution is -0.124. The molecule has 108 valence electrons. The Morgan fingerprint density at radius 3 is 2.25 bits per heavy atom. The van der Waals surface area contributed by atoms with Crippen molar-refractivity contribution in [1.82, 2.24) is 5.32 Å². The number of carboxylic acid groups (broad SMARTS) is 1. The van der Waals surface area contributed by atoms with Crippen LogP contribution < -0.4 is 10.6 Å². The minimum Gasteiger partial charge on any atom is -0.478 e. The molecule has 0 radical (unpaired) electrons. The molecule has 1 unspecified atom stereocenters. The Bertz CT molecular complexity index is 567. The highest BCUT2D eigenvalue weighted by atomic mass is 16.4. The highest BCUT2D eigenvalue weighted by Gasteiger charge is 2.16. The van der Waals surface area contributed by atoms with Gasteiger partial charge in [0.25, 0.3) is 0 Å². The molecule has 0 saturated heterocycles. The number of hydrogen-bond donors (Lipinski definition) is 3. The zero-order valence-corrected chi connectivity index (χ0v) is 11.9. The van der Waals surface area contributed by atoms with Crippen molar-refractivity contribution in [2.45, 2.75) is 33.7 Å². The number of carbonyl (C=O) groups is 3. The predicted molar refractivity (Wildman–Crippen MR) is 74.8 cm³/mol. The molecule has 0 aliphatic rings. The molecule has 0 aromatic heterocycles. The van der Waals surface area contributed by atoms with E-state index in [4.69, 9.17) is 5.11 Å². The van der Waals surface area contributed by atoms with Gasteiger partial charge in [0, 0.05) is 12.6 Å². The molecule has 1 rings (SSSR count). The summed E-state index contributed by atoms with van der Waals surface area (Å²) < 4.78 is 0. The van der Waals surface area contributed by atoms with Gasteiger partial charge in [0.15, 0.2) is 0 Å². The van der Waals surface area contributed by atoms with E-state index in [9.17, 15) is 14.4 Å². The third-order valence-electron chi connectivity index (χ3n) is 2.87. The molecule has 0 bridgehead atoms. The molecule has 1 atom stereocenters. The zero-order valence-electron chi connectivity index (χ0n) is 11.9. The lowest BCUT2D eigenvalue weighted by Crippen LogP contribution is -2.40. The van der Waals surface area contributed by atoms with E-state index < -0.39 is 17.9 Å². The van der Waals surface area contributed by atoms with Crippen LogP contribution in [0.4, 0.5) is 5.69 Å². The Kier molecular flexibility index (Phi) is 4.85. The predicted octanol–water partition coefficient (Wildman–Crippen LogP) is 1.46. The maximum Gasteiger partial charge on any atom is 0.336 e. The summed E-state index contributed by atoms with van der Waals surface area (Å²) in [7, 11) is 0. The van der Waals surface area contributed by atoms with Gasteiger partial charge in [-0.3, -0.25) is 9.59 Å². The van der Waals surface area contributed by atoms with Crippen molar-refractivity contribution in [1.29, 1.82) is 0 Å². The number of rotatable bonds is 4. The third-order valence-corrected chi connectivity index (χ3v) is 2.87.